The molecule has 23 heavy (non-hydrogen) atoms. The number of benzene rings is 1. The molecule has 4 heterocycles. The molecule has 5 rings (SSSR count). The molecular formula is C17H20N4O2. The van der Waals surface area contributed by atoms with Crippen LogP contribution in [-0.4, -0.2) is 57.6 Å². The lowest BCUT2D eigenvalue weighted by Gasteiger charge is -2.32. The maximum absolute atomic E-state index is 12.7. The predicted molar refractivity (Wildman–Crippen MR) is 85.6 cm³/mol. The van der Waals surface area contributed by atoms with Crippen LogP contribution < -0.4 is 0 Å². The SMILES string of the molecule is CN1C(=O)[C@@H]2CC[C@H]1CN(C(=O)Cn1ncc3ccccc31)C2. The Bertz CT molecular complexity index is 769. The second-order valence-electron chi connectivity index (χ2n) is 6.54. The number of nitrogens with zero attached hydrogens (tertiary/aromatic N) is 4. The van der Waals surface area contributed by atoms with Crippen LogP contribution in [0.2, 0.25) is 0 Å². The average Bonchev–Trinajstić information content (AvgIpc) is 2.77. The smallest absolute Gasteiger partial charge is 0.244 e. The van der Waals surface area contributed by atoms with Crippen molar-refractivity contribution in [3.8, 4) is 0 Å². The fourth-order valence-corrected chi connectivity index (χ4v) is 3.74. The predicted octanol–water partition coefficient (Wildman–Crippen LogP) is 1.12. The van der Waals surface area contributed by atoms with Gasteiger partial charge in [-0.2, -0.15) is 5.10 Å². The summed E-state index contributed by atoms with van der Waals surface area (Å²) >= 11 is 0. The van der Waals surface area contributed by atoms with Crippen molar-refractivity contribution >= 4 is 22.7 Å². The van der Waals surface area contributed by atoms with Gasteiger partial charge in [-0.15, -0.1) is 0 Å². The highest BCUT2D eigenvalue weighted by atomic mass is 16.2. The summed E-state index contributed by atoms with van der Waals surface area (Å²) in [5.74, 6) is 0.178. The normalized spacial score (nSPS) is 24.3. The van der Waals surface area contributed by atoms with Crippen LogP contribution >= 0.6 is 0 Å². The van der Waals surface area contributed by atoms with Crippen LogP contribution in [0, 0.1) is 5.92 Å². The number of rotatable bonds is 2. The molecule has 0 radical (unpaired) electrons. The Kier molecular flexibility index (Phi) is 3.32. The van der Waals surface area contributed by atoms with Gasteiger partial charge in [0.05, 0.1) is 17.6 Å². The first kappa shape index (κ1) is 14.2. The van der Waals surface area contributed by atoms with E-state index in [2.05, 4.69) is 5.10 Å². The van der Waals surface area contributed by atoms with Crippen LogP contribution in [0.25, 0.3) is 10.9 Å². The molecule has 3 saturated heterocycles. The third-order valence-corrected chi connectivity index (χ3v) is 5.15. The standard InChI is InChI=1S/C17H20N4O2/c1-19-14-7-6-13(17(19)23)9-20(10-14)16(22)11-21-15-5-3-2-4-12(15)8-18-21/h2-5,8,13-14H,6-7,9-11H2,1H3/t13-,14+/m1/s1. The van der Waals surface area contributed by atoms with Crippen molar-refractivity contribution in [1.29, 1.82) is 0 Å². The zero-order valence-corrected chi connectivity index (χ0v) is 13.2. The molecule has 1 aromatic heterocycles. The minimum atomic E-state index is -0.0444. The molecular weight excluding hydrogens is 292 g/mol. The second kappa shape index (κ2) is 5.37. The minimum Gasteiger partial charge on any atom is -0.341 e. The number of hydrogen-bond acceptors (Lipinski definition) is 3. The fraction of sp³-hybridized carbons (Fsp3) is 0.471. The highest BCUT2D eigenvalue weighted by molar-refractivity contribution is 5.84. The second-order valence-corrected chi connectivity index (χ2v) is 6.54. The largest absolute Gasteiger partial charge is 0.341 e. The lowest BCUT2D eigenvalue weighted by Crippen LogP contribution is -2.45. The Labute approximate surface area is 134 Å². The third kappa shape index (κ3) is 2.38. The van der Waals surface area contributed by atoms with Crippen molar-refractivity contribution in [1.82, 2.24) is 19.6 Å². The molecule has 6 heteroatoms. The molecule has 3 aliphatic heterocycles. The third-order valence-electron chi connectivity index (χ3n) is 5.15. The van der Waals surface area contributed by atoms with Gasteiger partial charge in [0.1, 0.15) is 6.54 Å². The van der Waals surface area contributed by atoms with E-state index >= 15 is 0 Å². The van der Waals surface area contributed by atoms with Crippen molar-refractivity contribution in [3.05, 3.63) is 30.5 Å². The summed E-state index contributed by atoms with van der Waals surface area (Å²) < 4.78 is 1.75. The van der Waals surface area contributed by atoms with E-state index < -0.39 is 0 Å². The molecule has 0 N–H and O–H groups in total. The van der Waals surface area contributed by atoms with Gasteiger partial charge in [0.25, 0.3) is 0 Å². The van der Waals surface area contributed by atoms with Gasteiger partial charge in [0, 0.05) is 31.6 Å². The molecule has 0 unspecified atom stereocenters. The van der Waals surface area contributed by atoms with E-state index in [4.69, 9.17) is 0 Å². The van der Waals surface area contributed by atoms with Crippen LogP contribution in [0.3, 0.4) is 0 Å². The first-order valence-corrected chi connectivity index (χ1v) is 8.08. The van der Waals surface area contributed by atoms with E-state index in [0.717, 1.165) is 23.7 Å². The topological polar surface area (TPSA) is 58.4 Å². The Hall–Kier alpha value is -2.37. The van der Waals surface area contributed by atoms with E-state index in [0.29, 0.717) is 13.1 Å². The van der Waals surface area contributed by atoms with E-state index in [1.165, 1.54) is 0 Å². The van der Waals surface area contributed by atoms with Gasteiger partial charge in [-0.05, 0) is 18.9 Å². The van der Waals surface area contributed by atoms with Gasteiger partial charge >= 0.3 is 0 Å². The van der Waals surface area contributed by atoms with E-state index in [1.54, 1.807) is 10.9 Å². The van der Waals surface area contributed by atoms with Crippen LogP contribution in [-0.2, 0) is 16.1 Å². The van der Waals surface area contributed by atoms with E-state index in [9.17, 15) is 9.59 Å². The molecule has 0 spiro atoms. The molecule has 3 fully saturated rings. The minimum absolute atomic E-state index is 0.0406. The number of aromatic nitrogens is 2. The molecule has 6 nitrogen and oxygen atoms in total. The van der Waals surface area contributed by atoms with Gasteiger partial charge in [-0.25, -0.2) is 0 Å². The zero-order chi connectivity index (χ0) is 16.0. The maximum Gasteiger partial charge on any atom is 0.244 e. The van der Waals surface area contributed by atoms with Crippen molar-refractivity contribution in [2.24, 2.45) is 5.92 Å². The van der Waals surface area contributed by atoms with Crippen molar-refractivity contribution in [2.45, 2.75) is 25.4 Å². The van der Waals surface area contributed by atoms with Gasteiger partial charge in [-0.3, -0.25) is 14.3 Å². The van der Waals surface area contributed by atoms with Crippen molar-refractivity contribution < 1.29 is 9.59 Å². The number of carbonyl (C=O) groups excluding carboxylic acids is 2. The number of hydrogen-bond donors (Lipinski definition) is 0. The highest BCUT2D eigenvalue weighted by Crippen LogP contribution is 2.28. The molecule has 0 aliphatic carbocycles. The molecule has 3 aliphatic rings. The zero-order valence-electron chi connectivity index (χ0n) is 13.2. The highest BCUT2D eigenvalue weighted by Gasteiger charge is 2.40. The summed E-state index contributed by atoms with van der Waals surface area (Å²) in [6.45, 7) is 1.40. The van der Waals surface area contributed by atoms with Gasteiger partial charge in [0.15, 0.2) is 0 Å². The number of likely N-dealkylation sites (N-methyl/N-ethyl adjacent to an activating group) is 1. The molecule has 2 aromatic rings. The lowest BCUT2D eigenvalue weighted by molar-refractivity contribution is -0.138. The molecule has 2 amide bonds. The molecule has 120 valence electrons. The van der Waals surface area contributed by atoms with Gasteiger partial charge < -0.3 is 9.80 Å². The Morgan fingerprint density at radius 2 is 2.09 bits per heavy atom. The van der Waals surface area contributed by atoms with Crippen molar-refractivity contribution in [3.63, 3.8) is 0 Å². The average molecular weight is 312 g/mol. The summed E-state index contributed by atoms with van der Waals surface area (Å²) in [6.07, 6.45) is 3.66. The van der Waals surface area contributed by atoms with E-state index in [1.807, 2.05) is 41.1 Å². The Morgan fingerprint density at radius 1 is 1.26 bits per heavy atom. The monoisotopic (exact) mass is 312 g/mol. The molecule has 2 bridgehead atoms. The Balaban J connectivity index is 1.54. The Morgan fingerprint density at radius 3 is 2.96 bits per heavy atom. The molecule has 1 aromatic carbocycles. The van der Waals surface area contributed by atoms with Crippen molar-refractivity contribution in [2.75, 3.05) is 20.1 Å². The number of amides is 2. The molecule has 2 atom stereocenters. The number of fused-ring (bicyclic) bond motifs is 5. The maximum atomic E-state index is 12.7. The fourth-order valence-electron chi connectivity index (χ4n) is 3.74. The quantitative estimate of drug-likeness (QED) is 0.835. The number of carbonyl (C=O) groups is 2. The first-order valence-electron chi connectivity index (χ1n) is 8.08. The summed E-state index contributed by atoms with van der Waals surface area (Å²) in [5.41, 5.74) is 0.965. The van der Waals surface area contributed by atoms with E-state index in [-0.39, 0.29) is 30.3 Å². The molecule has 0 saturated carbocycles. The van der Waals surface area contributed by atoms with Gasteiger partial charge in [-0.1, -0.05) is 18.2 Å². The first-order chi connectivity index (χ1) is 11.1. The number of para-hydroxylation sites is 1. The summed E-state index contributed by atoms with van der Waals surface area (Å²) in [7, 11) is 1.86. The summed E-state index contributed by atoms with van der Waals surface area (Å²) in [4.78, 5) is 28.6. The lowest BCUT2D eigenvalue weighted by atomic mass is 9.95. The number of piperidine rings is 1. The summed E-state index contributed by atoms with van der Waals surface area (Å²) in [5, 5.41) is 5.36. The van der Waals surface area contributed by atoms with Crippen LogP contribution in [0.15, 0.2) is 30.5 Å². The van der Waals surface area contributed by atoms with Crippen LogP contribution in [0.4, 0.5) is 0 Å². The van der Waals surface area contributed by atoms with Crippen LogP contribution in [0.1, 0.15) is 12.8 Å². The summed E-state index contributed by atoms with van der Waals surface area (Å²) in [6, 6.07) is 8.02. The van der Waals surface area contributed by atoms with Crippen LogP contribution in [0.5, 0.6) is 0 Å². The van der Waals surface area contributed by atoms with Gasteiger partial charge in [0.2, 0.25) is 11.8 Å².